The first-order valence-corrected chi connectivity index (χ1v) is 8.71. The standard InChI is InChI=1S/C19H16N4S/c1-3-7-17(8-4-1)22-13-11-16(20-22)15-24-19-12-14-23(21-19)18-9-5-2-6-10-18/h1-14H,15H2. The average molecular weight is 332 g/mol. The van der Waals surface area contributed by atoms with E-state index in [0.29, 0.717) is 0 Å². The summed E-state index contributed by atoms with van der Waals surface area (Å²) in [6, 6.07) is 24.3. The van der Waals surface area contributed by atoms with Crippen molar-refractivity contribution in [3.8, 4) is 11.4 Å². The van der Waals surface area contributed by atoms with Gasteiger partial charge in [0, 0.05) is 18.1 Å². The van der Waals surface area contributed by atoms with Crippen LogP contribution in [0.1, 0.15) is 5.69 Å². The summed E-state index contributed by atoms with van der Waals surface area (Å²) >= 11 is 1.69. The van der Waals surface area contributed by atoms with E-state index in [1.165, 1.54) is 0 Å². The van der Waals surface area contributed by atoms with Crippen molar-refractivity contribution >= 4 is 11.8 Å². The summed E-state index contributed by atoms with van der Waals surface area (Å²) < 4.78 is 3.80. The van der Waals surface area contributed by atoms with Crippen LogP contribution in [0, 0.1) is 0 Å². The molecule has 2 aromatic heterocycles. The zero-order valence-electron chi connectivity index (χ0n) is 13.0. The van der Waals surface area contributed by atoms with Gasteiger partial charge in [0.05, 0.1) is 17.1 Å². The third-order valence-electron chi connectivity index (χ3n) is 3.62. The molecule has 4 nitrogen and oxygen atoms in total. The lowest BCUT2D eigenvalue weighted by atomic mass is 10.3. The van der Waals surface area contributed by atoms with E-state index in [9.17, 15) is 0 Å². The Hall–Kier alpha value is -2.79. The number of rotatable bonds is 5. The second-order valence-electron chi connectivity index (χ2n) is 5.31. The van der Waals surface area contributed by atoms with Crippen molar-refractivity contribution in [1.82, 2.24) is 19.6 Å². The van der Waals surface area contributed by atoms with Crippen LogP contribution < -0.4 is 0 Å². The van der Waals surface area contributed by atoms with Gasteiger partial charge >= 0.3 is 0 Å². The minimum Gasteiger partial charge on any atom is -0.241 e. The maximum atomic E-state index is 4.62. The van der Waals surface area contributed by atoms with E-state index in [1.54, 1.807) is 11.8 Å². The Labute approximate surface area is 144 Å². The van der Waals surface area contributed by atoms with Crippen LogP contribution >= 0.6 is 11.8 Å². The van der Waals surface area contributed by atoms with Gasteiger partial charge in [-0.2, -0.15) is 10.2 Å². The van der Waals surface area contributed by atoms with Crippen molar-refractivity contribution in [2.24, 2.45) is 0 Å². The van der Waals surface area contributed by atoms with E-state index < -0.39 is 0 Å². The molecule has 118 valence electrons. The Balaban J connectivity index is 1.43. The van der Waals surface area contributed by atoms with E-state index in [0.717, 1.165) is 27.8 Å². The van der Waals surface area contributed by atoms with E-state index in [1.807, 2.05) is 94.6 Å². The molecular weight excluding hydrogens is 316 g/mol. The van der Waals surface area contributed by atoms with Gasteiger partial charge in [-0.05, 0) is 36.4 Å². The fourth-order valence-corrected chi connectivity index (χ4v) is 3.17. The third kappa shape index (κ3) is 3.26. The molecule has 2 heterocycles. The topological polar surface area (TPSA) is 35.6 Å². The highest BCUT2D eigenvalue weighted by atomic mass is 32.2. The maximum Gasteiger partial charge on any atom is 0.119 e. The van der Waals surface area contributed by atoms with Gasteiger partial charge in [-0.3, -0.25) is 0 Å². The van der Waals surface area contributed by atoms with Crippen molar-refractivity contribution < 1.29 is 0 Å². The van der Waals surface area contributed by atoms with Gasteiger partial charge in [0.1, 0.15) is 5.03 Å². The quantitative estimate of drug-likeness (QED) is 0.510. The molecule has 2 aromatic carbocycles. The van der Waals surface area contributed by atoms with Crippen LogP contribution in [0.15, 0.2) is 90.2 Å². The summed E-state index contributed by atoms with van der Waals surface area (Å²) in [4.78, 5) is 0. The largest absolute Gasteiger partial charge is 0.241 e. The fourth-order valence-electron chi connectivity index (χ4n) is 2.42. The molecule has 4 rings (SSSR count). The Kier molecular flexibility index (Phi) is 4.16. The third-order valence-corrected chi connectivity index (χ3v) is 4.57. The van der Waals surface area contributed by atoms with Gasteiger partial charge in [-0.25, -0.2) is 9.36 Å². The first-order chi connectivity index (χ1) is 11.9. The first kappa shape index (κ1) is 14.8. The molecule has 0 fully saturated rings. The molecule has 0 N–H and O–H groups in total. The van der Waals surface area contributed by atoms with Crippen LogP contribution in [-0.4, -0.2) is 19.6 Å². The van der Waals surface area contributed by atoms with Gasteiger partial charge in [-0.1, -0.05) is 48.2 Å². The Morgan fingerprint density at radius 3 is 1.92 bits per heavy atom. The second kappa shape index (κ2) is 6.76. The van der Waals surface area contributed by atoms with Crippen molar-refractivity contribution in [2.45, 2.75) is 10.8 Å². The van der Waals surface area contributed by atoms with Crippen molar-refractivity contribution in [2.75, 3.05) is 0 Å². The number of thioether (sulfide) groups is 1. The highest BCUT2D eigenvalue weighted by Crippen LogP contribution is 2.21. The molecule has 0 radical (unpaired) electrons. The zero-order valence-corrected chi connectivity index (χ0v) is 13.8. The summed E-state index contributed by atoms with van der Waals surface area (Å²) in [5.41, 5.74) is 3.18. The Bertz CT molecular complexity index is 835. The van der Waals surface area contributed by atoms with Crippen molar-refractivity contribution in [3.05, 3.63) is 90.9 Å². The molecule has 24 heavy (non-hydrogen) atoms. The molecule has 0 amide bonds. The molecule has 0 aliphatic rings. The van der Waals surface area contributed by atoms with E-state index >= 15 is 0 Å². The van der Waals surface area contributed by atoms with Gasteiger partial charge in [0.15, 0.2) is 0 Å². The highest BCUT2D eigenvalue weighted by molar-refractivity contribution is 7.98. The first-order valence-electron chi connectivity index (χ1n) is 7.72. The van der Waals surface area contributed by atoms with Gasteiger partial charge < -0.3 is 0 Å². The summed E-state index contributed by atoms with van der Waals surface area (Å²) in [7, 11) is 0. The summed E-state index contributed by atoms with van der Waals surface area (Å²) in [5, 5.41) is 10.2. The number of benzene rings is 2. The van der Waals surface area contributed by atoms with Crippen molar-refractivity contribution in [3.63, 3.8) is 0 Å². The molecule has 0 unspecified atom stereocenters. The van der Waals surface area contributed by atoms with E-state index in [2.05, 4.69) is 10.2 Å². The molecule has 0 aliphatic heterocycles. The van der Waals surface area contributed by atoms with Crippen LogP contribution in [-0.2, 0) is 5.75 Å². The van der Waals surface area contributed by atoms with Gasteiger partial charge in [0.2, 0.25) is 0 Å². The predicted molar refractivity (Wildman–Crippen MR) is 96.7 cm³/mol. The van der Waals surface area contributed by atoms with Gasteiger partial charge in [0.25, 0.3) is 0 Å². The van der Waals surface area contributed by atoms with Crippen LogP contribution in [0.2, 0.25) is 0 Å². The normalized spacial score (nSPS) is 10.8. The number of hydrogen-bond acceptors (Lipinski definition) is 3. The van der Waals surface area contributed by atoms with Crippen LogP contribution in [0.25, 0.3) is 11.4 Å². The lowest BCUT2D eigenvalue weighted by Crippen LogP contribution is -1.95. The molecule has 0 saturated heterocycles. The molecular formula is C19H16N4S. The fraction of sp³-hybridized carbons (Fsp3) is 0.0526. The molecule has 0 aliphatic carbocycles. The van der Waals surface area contributed by atoms with E-state index in [-0.39, 0.29) is 0 Å². The van der Waals surface area contributed by atoms with Crippen molar-refractivity contribution in [1.29, 1.82) is 0 Å². The molecule has 4 aromatic rings. The SMILES string of the molecule is c1ccc(-n2ccc(CSc3ccn(-c4ccccc4)n3)n2)cc1. The molecule has 0 spiro atoms. The number of aromatic nitrogens is 4. The molecule has 0 saturated carbocycles. The lowest BCUT2D eigenvalue weighted by Gasteiger charge is -2.00. The molecule has 0 atom stereocenters. The predicted octanol–water partition coefficient (Wildman–Crippen LogP) is 4.35. The number of para-hydroxylation sites is 2. The lowest BCUT2D eigenvalue weighted by molar-refractivity contribution is 0.835. The Morgan fingerprint density at radius 1 is 0.667 bits per heavy atom. The summed E-state index contributed by atoms with van der Waals surface area (Å²) in [5.74, 6) is 0.797. The minimum absolute atomic E-state index is 0.797. The van der Waals surface area contributed by atoms with Crippen LogP contribution in [0.4, 0.5) is 0 Å². The summed E-state index contributed by atoms with van der Waals surface area (Å²) in [6.45, 7) is 0. The van der Waals surface area contributed by atoms with Gasteiger partial charge in [-0.15, -0.1) is 0 Å². The zero-order chi connectivity index (χ0) is 16.2. The van der Waals surface area contributed by atoms with E-state index in [4.69, 9.17) is 0 Å². The summed E-state index contributed by atoms with van der Waals surface area (Å²) in [6.07, 6.45) is 3.98. The average Bonchev–Trinajstić information content (AvgIpc) is 3.31. The number of hydrogen-bond donors (Lipinski definition) is 0. The smallest absolute Gasteiger partial charge is 0.119 e. The Morgan fingerprint density at radius 2 is 1.25 bits per heavy atom. The molecule has 0 bridgehead atoms. The number of nitrogens with zero attached hydrogens (tertiary/aromatic N) is 4. The monoisotopic (exact) mass is 332 g/mol. The van der Waals surface area contributed by atoms with Crippen LogP contribution in [0.5, 0.6) is 0 Å². The highest BCUT2D eigenvalue weighted by Gasteiger charge is 2.05. The maximum absolute atomic E-state index is 4.62. The minimum atomic E-state index is 0.797. The molecule has 5 heteroatoms. The van der Waals surface area contributed by atoms with Crippen LogP contribution in [0.3, 0.4) is 0 Å². The second-order valence-corrected chi connectivity index (χ2v) is 6.31.